The van der Waals surface area contributed by atoms with Crippen molar-refractivity contribution in [2.24, 2.45) is 5.92 Å². The lowest BCUT2D eigenvalue weighted by Gasteiger charge is -2.33. The van der Waals surface area contributed by atoms with Crippen molar-refractivity contribution in [1.82, 2.24) is 5.32 Å². The summed E-state index contributed by atoms with van der Waals surface area (Å²) in [6.45, 7) is 6.18. The molecule has 0 saturated carbocycles. The maximum atomic E-state index is 12.2. The second-order valence-electron chi connectivity index (χ2n) is 5.52. The van der Waals surface area contributed by atoms with Gasteiger partial charge in [-0.15, -0.1) is 0 Å². The van der Waals surface area contributed by atoms with Gasteiger partial charge < -0.3 is 15.4 Å². The molecule has 1 aliphatic rings. The SMILES string of the molecule is CC(C)CCNC(=O)C1(C)Oc2ccccc2NC1=O. The number of para-hydroxylation sites is 2. The third-order valence-electron chi connectivity index (χ3n) is 3.32. The second kappa shape index (κ2) is 5.53. The highest BCUT2D eigenvalue weighted by Gasteiger charge is 2.46. The summed E-state index contributed by atoms with van der Waals surface area (Å²) in [4.78, 5) is 24.3. The summed E-state index contributed by atoms with van der Waals surface area (Å²) < 4.78 is 5.63. The van der Waals surface area contributed by atoms with Crippen molar-refractivity contribution < 1.29 is 14.3 Å². The number of carbonyl (C=O) groups is 2. The number of carbonyl (C=O) groups excluding carboxylic acids is 2. The third-order valence-corrected chi connectivity index (χ3v) is 3.32. The molecule has 5 heteroatoms. The number of ether oxygens (including phenoxy) is 1. The van der Waals surface area contributed by atoms with Crippen LogP contribution in [0.2, 0.25) is 0 Å². The van der Waals surface area contributed by atoms with Crippen LogP contribution < -0.4 is 15.4 Å². The number of amides is 2. The summed E-state index contributed by atoms with van der Waals surface area (Å²) in [7, 11) is 0. The van der Waals surface area contributed by atoms with Crippen LogP contribution in [0.15, 0.2) is 24.3 Å². The quantitative estimate of drug-likeness (QED) is 0.826. The largest absolute Gasteiger partial charge is 0.466 e. The molecule has 2 amide bonds. The Morgan fingerprint density at radius 1 is 1.40 bits per heavy atom. The third kappa shape index (κ3) is 2.76. The molecule has 1 aromatic rings. The van der Waals surface area contributed by atoms with Crippen LogP contribution in [0.3, 0.4) is 0 Å². The summed E-state index contributed by atoms with van der Waals surface area (Å²) >= 11 is 0. The molecular weight excluding hydrogens is 256 g/mol. The Morgan fingerprint density at radius 2 is 2.10 bits per heavy atom. The van der Waals surface area contributed by atoms with E-state index in [2.05, 4.69) is 24.5 Å². The second-order valence-corrected chi connectivity index (χ2v) is 5.52. The van der Waals surface area contributed by atoms with Gasteiger partial charge in [-0.1, -0.05) is 26.0 Å². The molecule has 1 atom stereocenters. The first-order valence-corrected chi connectivity index (χ1v) is 6.81. The van der Waals surface area contributed by atoms with E-state index in [-0.39, 0.29) is 0 Å². The van der Waals surface area contributed by atoms with Crippen molar-refractivity contribution >= 4 is 17.5 Å². The Labute approximate surface area is 118 Å². The van der Waals surface area contributed by atoms with Gasteiger partial charge >= 0.3 is 0 Å². The summed E-state index contributed by atoms with van der Waals surface area (Å²) in [5, 5.41) is 5.47. The molecule has 0 aromatic heterocycles. The highest BCUT2D eigenvalue weighted by molar-refractivity contribution is 6.15. The van der Waals surface area contributed by atoms with E-state index in [1.807, 2.05) is 0 Å². The lowest BCUT2D eigenvalue weighted by atomic mass is 10.0. The van der Waals surface area contributed by atoms with Crippen molar-refractivity contribution in [3.05, 3.63) is 24.3 Å². The summed E-state index contributed by atoms with van der Waals surface area (Å²) in [6.07, 6.45) is 0.861. The summed E-state index contributed by atoms with van der Waals surface area (Å²) in [5.41, 5.74) is -0.935. The minimum absolute atomic E-state index is 0.412. The number of nitrogens with one attached hydrogen (secondary N) is 2. The maximum absolute atomic E-state index is 12.2. The van der Waals surface area contributed by atoms with Gasteiger partial charge in [0, 0.05) is 6.54 Å². The molecule has 0 aliphatic carbocycles. The zero-order chi connectivity index (χ0) is 14.8. The van der Waals surface area contributed by atoms with E-state index in [0.29, 0.717) is 23.9 Å². The number of anilines is 1. The number of rotatable bonds is 4. The van der Waals surface area contributed by atoms with Crippen LogP contribution in [0, 0.1) is 5.92 Å². The fourth-order valence-electron chi connectivity index (χ4n) is 1.96. The van der Waals surface area contributed by atoms with Crippen molar-refractivity contribution in [2.75, 3.05) is 11.9 Å². The van der Waals surface area contributed by atoms with Crippen LogP contribution in [0.4, 0.5) is 5.69 Å². The van der Waals surface area contributed by atoms with Crippen molar-refractivity contribution in [3.63, 3.8) is 0 Å². The van der Waals surface area contributed by atoms with Gasteiger partial charge in [-0.2, -0.15) is 0 Å². The van der Waals surface area contributed by atoms with E-state index in [1.165, 1.54) is 6.92 Å². The van der Waals surface area contributed by atoms with E-state index < -0.39 is 17.4 Å². The van der Waals surface area contributed by atoms with Crippen LogP contribution in [0.5, 0.6) is 5.75 Å². The summed E-state index contributed by atoms with van der Waals surface area (Å²) in [6, 6.07) is 7.07. The molecule has 1 aliphatic heterocycles. The minimum atomic E-state index is -1.52. The molecule has 0 bridgehead atoms. The van der Waals surface area contributed by atoms with Crippen LogP contribution in [-0.4, -0.2) is 24.0 Å². The van der Waals surface area contributed by atoms with Crippen molar-refractivity contribution in [1.29, 1.82) is 0 Å². The fourth-order valence-corrected chi connectivity index (χ4v) is 1.96. The zero-order valence-corrected chi connectivity index (χ0v) is 12.0. The topological polar surface area (TPSA) is 67.4 Å². The Kier molecular flexibility index (Phi) is 3.97. The predicted molar refractivity (Wildman–Crippen MR) is 76.6 cm³/mol. The lowest BCUT2D eigenvalue weighted by molar-refractivity contribution is -0.146. The van der Waals surface area contributed by atoms with Gasteiger partial charge in [0.15, 0.2) is 0 Å². The highest BCUT2D eigenvalue weighted by Crippen LogP contribution is 2.33. The van der Waals surface area contributed by atoms with Gasteiger partial charge in [-0.25, -0.2) is 0 Å². The van der Waals surface area contributed by atoms with Gasteiger partial charge in [0.25, 0.3) is 17.4 Å². The Morgan fingerprint density at radius 3 is 2.80 bits per heavy atom. The molecule has 0 radical (unpaired) electrons. The van der Waals surface area contributed by atoms with E-state index in [1.54, 1.807) is 24.3 Å². The number of hydrogen-bond donors (Lipinski definition) is 2. The first kappa shape index (κ1) is 14.4. The molecule has 1 heterocycles. The molecule has 20 heavy (non-hydrogen) atoms. The van der Waals surface area contributed by atoms with Crippen molar-refractivity contribution in [3.8, 4) is 5.75 Å². The normalized spacial score (nSPS) is 20.9. The van der Waals surface area contributed by atoms with E-state index in [0.717, 1.165) is 6.42 Å². The fraction of sp³-hybridized carbons (Fsp3) is 0.467. The monoisotopic (exact) mass is 276 g/mol. The van der Waals surface area contributed by atoms with Crippen LogP contribution in [0.1, 0.15) is 27.2 Å². The molecule has 1 aromatic carbocycles. The van der Waals surface area contributed by atoms with Crippen LogP contribution in [0.25, 0.3) is 0 Å². The van der Waals surface area contributed by atoms with Gasteiger partial charge in [-0.05, 0) is 31.4 Å². The van der Waals surface area contributed by atoms with Crippen molar-refractivity contribution in [2.45, 2.75) is 32.8 Å². The molecule has 0 saturated heterocycles. The average molecular weight is 276 g/mol. The number of fused-ring (bicyclic) bond motifs is 1. The standard InChI is InChI=1S/C15H20N2O3/c1-10(2)8-9-16-13(18)15(3)14(19)17-11-6-4-5-7-12(11)20-15/h4-7,10H,8-9H2,1-3H3,(H,16,18)(H,17,19). The van der Waals surface area contributed by atoms with Crippen LogP contribution in [-0.2, 0) is 9.59 Å². The number of hydrogen-bond acceptors (Lipinski definition) is 3. The molecule has 5 nitrogen and oxygen atoms in total. The molecule has 0 spiro atoms. The number of benzene rings is 1. The van der Waals surface area contributed by atoms with Crippen LogP contribution >= 0.6 is 0 Å². The van der Waals surface area contributed by atoms with Gasteiger partial charge in [0.1, 0.15) is 5.75 Å². The highest BCUT2D eigenvalue weighted by atomic mass is 16.5. The minimum Gasteiger partial charge on any atom is -0.466 e. The van der Waals surface area contributed by atoms with Gasteiger partial charge in [0.05, 0.1) is 5.69 Å². The van der Waals surface area contributed by atoms with Gasteiger partial charge in [0.2, 0.25) is 0 Å². The first-order chi connectivity index (χ1) is 9.43. The Balaban J connectivity index is 2.10. The Bertz CT molecular complexity index is 528. The summed E-state index contributed by atoms with van der Waals surface area (Å²) in [5.74, 6) is 0.141. The Hall–Kier alpha value is -2.04. The molecule has 0 fully saturated rings. The zero-order valence-electron chi connectivity index (χ0n) is 12.0. The van der Waals surface area contributed by atoms with E-state index in [4.69, 9.17) is 4.74 Å². The maximum Gasteiger partial charge on any atom is 0.278 e. The van der Waals surface area contributed by atoms with Gasteiger partial charge in [-0.3, -0.25) is 9.59 Å². The predicted octanol–water partition coefficient (Wildman–Crippen LogP) is 1.94. The smallest absolute Gasteiger partial charge is 0.278 e. The molecule has 108 valence electrons. The van der Waals surface area contributed by atoms with E-state index >= 15 is 0 Å². The lowest BCUT2D eigenvalue weighted by Crippen LogP contribution is -2.58. The average Bonchev–Trinajstić information content (AvgIpc) is 2.39. The molecular formula is C15H20N2O3. The molecule has 2 rings (SSSR count). The molecule has 2 N–H and O–H groups in total. The van der Waals surface area contributed by atoms with E-state index in [9.17, 15) is 9.59 Å². The molecule has 1 unspecified atom stereocenters. The first-order valence-electron chi connectivity index (χ1n) is 6.81.